The first-order chi connectivity index (χ1) is 12.2. The Morgan fingerprint density at radius 2 is 1.76 bits per heavy atom. The van der Waals surface area contributed by atoms with Crippen LogP contribution in [0.2, 0.25) is 0 Å². The van der Waals surface area contributed by atoms with Crippen molar-refractivity contribution in [3.8, 4) is 34.5 Å². The molecule has 0 spiro atoms. The number of nitrogens with zero attached hydrogens (tertiary/aromatic N) is 4. The lowest BCUT2D eigenvalue weighted by molar-refractivity contribution is 1.28. The summed E-state index contributed by atoms with van der Waals surface area (Å²) in [5.41, 5.74) is 4.81. The highest BCUT2D eigenvalue weighted by molar-refractivity contribution is 5.86. The smallest absolute Gasteiger partial charge is 0.206 e. The molecule has 0 bridgehead atoms. The van der Waals surface area contributed by atoms with E-state index in [9.17, 15) is 10.5 Å². The maximum absolute atomic E-state index is 9.36. The summed E-state index contributed by atoms with van der Waals surface area (Å²) < 4.78 is 0. The summed E-state index contributed by atoms with van der Waals surface area (Å²) >= 11 is 0. The fourth-order valence-electron chi connectivity index (χ4n) is 2.80. The Hall–Kier alpha value is -3.94. The lowest BCUT2D eigenvalue weighted by Crippen LogP contribution is -1.94. The van der Waals surface area contributed by atoms with E-state index in [4.69, 9.17) is 6.57 Å². The largest absolute Gasteiger partial charge is 0.256 e. The van der Waals surface area contributed by atoms with Gasteiger partial charge in [-0.1, -0.05) is 30.3 Å². The highest BCUT2D eigenvalue weighted by Crippen LogP contribution is 2.36. The lowest BCUT2D eigenvalue weighted by atomic mass is 9.93. The molecule has 0 amide bonds. The first-order valence-corrected chi connectivity index (χ1v) is 7.56. The molecule has 0 saturated heterocycles. The summed E-state index contributed by atoms with van der Waals surface area (Å²) in [5.74, 6) is 0. The maximum Gasteiger partial charge on any atom is 0.206 e. The van der Waals surface area contributed by atoms with Crippen molar-refractivity contribution in [1.29, 1.82) is 10.5 Å². The van der Waals surface area contributed by atoms with Crippen molar-refractivity contribution in [3.05, 3.63) is 82.8 Å². The van der Waals surface area contributed by atoms with Gasteiger partial charge in [0.05, 0.1) is 35.5 Å². The van der Waals surface area contributed by atoms with Crippen molar-refractivity contribution >= 4 is 5.69 Å². The molecule has 0 aliphatic carbocycles. The second kappa shape index (κ2) is 6.67. The average molecular weight is 320 g/mol. The molecule has 4 nitrogen and oxygen atoms in total. The Labute approximate surface area is 146 Å². The van der Waals surface area contributed by atoms with Crippen molar-refractivity contribution in [2.45, 2.75) is 6.92 Å². The van der Waals surface area contributed by atoms with Crippen molar-refractivity contribution < 1.29 is 0 Å². The SMILES string of the molecule is [C-]#[N+]c1cc(-c2nccc(C)c2-c2ccccc2)cc(C#N)c1C#N. The molecular formula is C21H12N4. The number of aromatic nitrogens is 1. The third-order valence-corrected chi connectivity index (χ3v) is 3.97. The molecule has 0 saturated carbocycles. The van der Waals surface area contributed by atoms with Gasteiger partial charge >= 0.3 is 0 Å². The summed E-state index contributed by atoms with van der Waals surface area (Å²) in [5, 5.41) is 18.6. The van der Waals surface area contributed by atoms with Crippen LogP contribution in [0.5, 0.6) is 0 Å². The molecule has 1 aromatic heterocycles. The van der Waals surface area contributed by atoms with Crippen LogP contribution >= 0.6 is 0 Å². The van der Waals surface area contributed by atoms with E-state index in [-0.39, 0.29) is 16.8 Å². The van der Waals surface area contributed by atoms with E-state index < -0.39 is 0 Å². The van der Waals surface area contributed by atoms with Crippen LogP contribution in [-0.2, 0) is 0 Å². The molecule has 0 N–H and O–H groups in total. The first-order valence-electron chi connectivity index (χ1n) is 7.56. The van der Waals surface area contributed by atoms with E-state index in [0.29, 0.717) is 11.3 Å². The fraction of sp³-hybridized carbons (Fsp3) is 0.0476. The molecular weight excluding hydrogens is 308 g/mol. The Morgan fingerprint density at radius 3 is 2.40 bits per heavy atom. The molecule has 4 heteroatoms. The van der Waals surface area contributed by atoms with Gasteiger partial charge in [-0.3, -0.25) is 4.98 Å². The van der Waals surface area contributed by atoms with Gasteiger partial charge in [0.1, 0.15) is 0 Å². The molecule has 0 atom stereocenters. The zero-order valence-corrected chi connectivity index (χ0v) is 13.5. The van der Waals surface area contributed by atoms with Gasteiger partial charge in [-0.25, -0.2) is 4.85 Å². The Morgan fingerprint density at radius 1 is 1.00 bits per heavy atom. The molecule has 0 unspecified atom stereocenters. The van der Waals surface area contributed by atoms with Gasteiger partial charge in [-0.2, -0.15) is 10.5 Å². The van der Waals surface area contributed by atoms with E-state index in [0.717, 1.165) is 16.7 Å². The standard InChI is InChI=1S/C21H12N4/c1-14-8-9-25-21(20(14)15-6-4-3-5-7-15)16-10-17(12-22)18(13-23)19(11-16)24-2/h3-11H,1H3. The predicted octanol–water partition coefficient (Wildman–Crippen LogP) is 5.02. The summed E-state index contributed by atoms with van der Waals surface area (Å²) in [6.07, 6.45) is 1.71. The predicted molar refractivity (Wildman–Crippen MR) is 95.5 cm³/mol. The second-order valence-electron chi connectivity index (χ2n) is 5.47. The highest BCUT2D eigenvalue weighted by atomic mass is 14.7. The minimum Gasteiger partial charge on any atom is -0.256 e. The van der Waals surface area contributed by atoms with Crippen molar-refractivity contribution in [2.75, 3.05) is 0 Å². The minimum absolute atomic E-state index is 0.107. The van der Waals surface area contributed by atoms with Crippen molar-refractivity contribution in [1.82, 2.24) is 4.98 Å². The average Bonchev–Trinajstić information content (AvgIpc) is 2.67. The molecule has 25 heavy (non-hydrogen) atoms. The number of rotatable bonds is 2. The van der Waals surface area contributed by atoms with Crippen LogP contribution in [0, 0.1) is 36.2 Å². The number of hydrogen-bond acceptors (Lipinski definition) is 3. The molecule has 3 aromatic rings. The van der Waals surface area contributed by atoms with Crippen LogP contribution in [0.3, 0.4) is 0 Å². The molecule has 0 fully saturated rings. The van der Waals surface area contributed by atoms with Gasteiger partial charge in [0, 0.05) is 11.8 Å². The Kier molecular flexibility index (Phi) is 4.25. The number of benzene rings is 2. The third kappa shape index (κ3) is 2.83. The second-order valence-corrected chi connectivity index (χ2v) is 5.47. The van der Waals surface area contributed by atoms with E-state index >= 15 is 0 Å². The zero-order chi connectivity index (χ0) is 17.8. The highest BCUT2D eigenvalue weighted by Gasteiger charge is 2.16. The van der Waals surface area contributed by atoms with Crippen LogP contribution in [-0.4, -0.2) is 4.98 Å². The van der Waals surface area contributed by atoms with E-state index in [1.165, 1.54) is 0 Å². The summed E-state index contributed by atoms with van der Waals surface area (Å²) in [6, 6.07) is 19.0. The van der Waals surface area contributed by atoms with E-state index in [1.807, 2.05) is 55.5 Å². The van der Waals surface area contributed by atoms with Crippen LogP contribution in [0.15, 0.2) is 54.7 Å². The number of hydrogen-bond donors (Lipinski definition) is 0. The number of pyridine rings is 1. The minimum atomic E-state index is 0.107. The van der Waals surface area contributed by atoms with Crippen LogP contribution < -0.4 is 0 Å². The molecule has 1 heterocycles. The molecule has 0 aliphatic rings. The molecule has 0 radical (unpaired) electrons. The quantitative estimate of drug-likeness (QED) is 0.623. The monoisotopic (exact) mass is 320 g/mol. The number of nitriles is 2. The number of aryl methyl sites for hydroxylation is 1. The van der Waals surface area contributed by atoms with Crippen LogP contribution in [0.1, 0.15) is 16.7 Å². The maximum atomic E-state index is 9.36. The first kappa shape index (κ1) is 15.9. The topological polar surface area (TPSA) is 64.8 Å². The van der Waals surface area contributed by atoms with E-state index in [1.54, 1.807) is 18.3 Å². The molecule has 2 aromatic carbocycles. The fourth-order valence-corrected chi connectivity index (χ4v) is 2.80. The summed E-state index contributed by atoms with van der Waals surface area (Å²) in [4.78, 5) is 7.91. The lowest BCUT2D eigenvalue weighted by Gasteiger charge is -2.13. The van der Waals surface area contributed by atoms with Gasteiger partial charge in [0.15, 0.2) is 0 Å². The van der Waals surface area contributed by atoms with E-state index in [2.05, 4.69) is 9.83 Å². The third-order valence-electron chi connectivity index (χ3n) is 3.97. The van der Waals surface area contributed by atoms with Crippen molar-refractivity contribution in [3.63, 3.8) is 0 Å². The van der Waals surface area contributed by atoms with Gasteiger partial charge in [0.2, 0.25) is 5.69 Å². The molecule has 3 rings (SSSR count). The summed E-state index contributed by atoms with van der Waals surface area (Å²) in [7, 11) is 0. The Balaban J connectivity index is 2.33. The molecule has 0 aliphatic heterocycles. The van der Waals surface area contributed by atoms with Crippen LogP contribution in [0.25, 0.3) is 27.2 Å². The summed E-state index contributed by atoms with van der Waals surface area (Å²) in [6.45, 7) is 9.32. The zero-order valence-electron chi connectivity index (χ0n) is 13.5. The van der Waals surface area contributed by atoms with Gasteiger partial charge in [-0.05, 0) is 41.8 Å². The van der Waals surface area contributed by atoms with Gasteiger partial charge < -0.3 is 0 Å². The van der Waals surface area contributed by atoms with Crippen molar-refractivity contribution in [2.24, 2.45) is 0 Å². The Bertz CT molecular complexity index is 1040. The van der Waals surface area contributed by atoms with Crippen LogP contribution in [0.4, 0.5) is 5.69 Å². The molecule has 116 valence electrons. The normalized spacial score (nSPS) is 9.68. The van der Waals surface area contributed by atoms with Gasteiger partial charge in [0.25, 0.3) is 0 Å². The van der Waals surface area contributed by atoms with Gasteiger partial charge in [-0.15, -0.1) is 0 Å².